The van der Waals surface area contributed by atoms with Crippen molar-refractivity contribution in [2.45, 2.75) is 38.8 Å². The predicted molar refractivity (Wildman–Crippen MR) is 63.4 cm³/mol. The molecule has 0 amide bonds. The molecule has 2 rings (SSSR count). The molecule has 2 N–H and O–H groups in total. The Morgan fingerprint density at radius 1 is 1.56 bits per heavy atom. The van der Waals surface area contributed by atoms with Crippen LogP contribution < -0.4 is 5.73 Å². The molecule has 92 valence electrons. The van der Waals surface area contributed by atoms with E-state index in [1.807, 2.05) is 6.92 Å². The van der Waals surface area contributed by atoms with E-state index in [1.54, 1.807) is 0 Å². The Labute approximate surface area is 102 Å². The molecule has 1 atom stereocenters. The molecule has 0 aromatic carbocycles. The van der Waals surface area contributed by atoms with Crippen molar-refractivity contribution in [2.24, 2.45) is 5.73 Å². The number of nitrogens with zero attached hydrogens (tertiary/aromatic N) is 3. The minimum atomic E-state index is 0. The number of aryl methyl sites for hydroxylation is 1. The summed E-state index contributed by atoms with van der Waals surface area (Å²) in [6.45, 7) is 4.80. The molecular formula is C10H19ClN4O. The van der Waals surface area contributed by atoms with Gasteiger partial charge in [0.1, 0.15) is 0 Å². The van der Waals surface area contributed by atoms with Gasteiger partial charge >= 0.3 is 0 Å². The summed E-state index contributed by atoms with van der Waals surface area (Å²) in [4.78, 5) is 6.58. The molecule has 5 nitrogen and oxygen atoms in total. The van der Waals surface area contributed by atoms with E-state index in [1.165, 1.54) is 6.42 Å². The van der Waals surface area contributed by atoms with E-state index in [-0.39, 0.29) is 12.4 Å². The molecule has 2 heterocycles. The Bertz CT molecular complexity index is 318. The van der Waals surface area contributed by atoms with Gasteiger partial charge in [0.05, 0.1) is 6.54 Å². The highest BCUT2D eigenvalue weighted by atomic mass is 35.5. The summed E-state index contributed by atoms with van der Waals surface area (Å²) in [7, 11) is 0. The number of halogens is 1. The van der Waals surface area contributed by atoms with Crippen molar-refractivity contribution in [1.29, 1.82) is 0 Å². The van der Waals surface area contributed by atoms with Gasteiger partial charge in [-0.05, 0) is 19.4 Å². The summed E-state index contributed by atoms with van der Waals surface area (Å²) in [5.74, 6) is 1.49. The summed E-state index contributed by atoms with van der Waals surface area (Å²) in [6.07, 6.45) is 3.09. The number of nitrogens with two attached hydrogens (primary N) is 1. The summed E-state index contributed by atoms with van der Waals surface area (Å²) < 4.78 is 5.06. The Balaban J connectivity index is 0.00000128. The monoisotopic (exact) mass is 246 g/mol. The second-order valence-electron chi connectivity index (χ2n) is 4.10. The molecule has 1 saturated heterocycles. The van der Waals surface area contributed by atoms with Crippen LogP contribution in [-0.4, -0.2) is 34.2 Å². The van der Waals surface area contributed by atoms with Gasteiger partial charge in [-0.3, -0.25) is 4.90 Å². The number of hydrogen-bond donors (Lipinski definition) is 1. The van der Waals surface area contributed by atoms with Crippen molar-refractivity contribution in [3.63, 3.8) is 0 Å². The molecule has 0 spiro atoms. The number of hydrogen-bond acceptors (Lipinski definition) is 5. The second-order valence-corrected chi connectivity index (χ2v) is 4.10. The third-order valence-corrected chi connectivity index (χ3v) is 2.72. The molecule has 1 aliphatic rings. The Morgan fingerprint density at radius 3 is 3.00 bits per heavy atom. The molecule has 16 heavy (non-hydrogen) atoms. The SMILES string of the molecule is CCc1nc(CN2CCC[C@@H](N)C2)no1.Cl. The fourth-order valence-corrected chi connectivity index (χ4v) is 1.93. The average molecular weight is 247 g/mol. The van der Waals surface area contributed by atoms with Crippen molar-refractivity contribution >= 4 is 12.4 Å². The summed E-state index contributed by atoms with van der Waals surface area (Å²) in [5, 5.41) is 3.94. The highest BCUT2D eigenvalue weighted by Crippen LogP contribution is 2.11. The second kappa shape index (κ2) is 6.18. The van der Waals surface area contributed by atoms with Gasteiger partial charge in [-0.2, -0.15) is 4.98 Å². The van der Waals surface area contributed by atoms with Crippen LogP contribution in [0.25, 0.3) is 0 Å². The van der Waals surface area contributed by atoms with Crippen LogP contribution in [0.5, 0.6) is 0 Å². The van der Waals surface area contributed by atoms with E-state index in [2.05, 4.69) is 15.0 Å². The van der Waals surface area contributed by atoms with Gasteiger partial charge in [0, 0.05) is 19.0 Å². The lowest BCUT2D eigenvalue weighted by molar-refractivity contribution is 0.195. The van der Waals surface area contributed by atoms with Crippen LogP contribution in [0.2, 0.25) is 0 Å². The molecule has 1 aromatic rings. The van der Waals surface area contributed by atoms with Gasteiger partial charge in [-0.25, -0.2) is 0 Å². The van der Waals surface area contributed by atoms with Gasteiger partial charge in [0.25, 0.3) is 0 Å². The van der Waals surface area contributed by atoms with Crippen LogP contribution in [0.1, 0.15) is 31.5 Å². The van der Waals surface area contributed by atoms with Gasteiger partial charge in [0.15, 0.2) is 5.82 Å². The number of likely N-dealkylation sites (tertiary alicyclic amines) is 1. The Hall–Kier alpha value is -0.650. The summed E-state index contributed by atoms with van der Waals surface area (Å²) >= 11 is 0. The zero-order chi connectivity index (χ0) is 10.7. The third-order valence-electron chi connectivity index (χ3n) is 2.72. The Kier molecular flexibility index (Phi) is 5.18. The van der Waals surface area contributed by atoms with Crippen LogP contribution in [0.4, 0.5) is 0 Å². The topological polar surface area (TPSA) is 68.2 Å². The molecule has 0 aliphatic carbocycles. The van der Waals surface area contributed by atoms with E-state index >= 15 is 0 Å². The lowest BCUT2D eigenvalue weighted by atomic mass is 10.1. The van der Waals surface area contributed by atoms with Crippen molar-refractivity contribution in [3.8, 4) is 0 Å². The highest BCUT2D eigenvalue weighted by Gasteiger charge is 2.18. The first kappa shape index (κ1) is 13.4. The quantitative estimate of drug-likeness (QED) is 0.861. The Morgan fingerprint density at radius 2 is 2.38 bits per heavy atom. The minimum Gasteiger partial charge on any atom is -0.339 e. The highest BCUT2D eigenvalue weighted by molar-refractivity contribution is 5.85. The van der Waals surface area contributed by atoms with E-state index in [4.69, 9.17) is 10.3 Å². The van der Waals surface area contributed by atoms with Gasteiger partial charge in [0.2, 0.25) is 5.89 Å². The van der Waals surface area contributed by atoms with E-state index in [9.17, 15) is 0 Å². The fraction of sp³-hybridized carbons (Fsp3) is 0.800. The normalized spacial score (nSPS) is 21.8. The predicted octanol–water partition coefficient (Wildman–Crippen LogP) is 0.977. The van der Waals surface area contributed by atoms with Gasteiger partial charge in [-0.1, -0.05) is 12.1 Å². The van der Waals surface area contributed by atoms with Gasteiger partial charge in [-0.15, -0.1) is 12.4 Å². The van der Waals surface area contributed by atoms with E-state index in [0.29, 0.717) is 11.9 Å². The first-order chi connectivity index (χ1) is 7.28. The average Bonchev–Trinajstić information content (AvgIpc) is 2.65. The lowest BCUT2D eigenvalue weighted by Crippen LogP contribution is -2.42. The molecule has 1 aliphatic heterocycles. The zero-order valence-corrected chi connectivity index (χ0v) is 10.4. The van der Waals surface area contributed by atoms with Crippen molar-refractivity contribution < 1.29 is 4.52 Å². The molecule has 1 aromatic heterocycles. The largest absolute Gasteiger partial charge is 0.339 e. The molecule has 0 saturated carbocycles. The minimum absolute atomic E-state index is 0. The van der Waals surface area contributed by atoms with Crippen molar-refractivity contribution in [2.75, 3.05) is 13.1 Å². The molecular weight excluding hydrogens is 228 g/mol. The number of piperidine rings is 1. The van der Waals surface area contributed by atoms with Crippen LogP contribution in [0.15, 0.2) is 4.52 Å². The van der Waals surface area contributed by atoms with Crippen LogP contribution in [-0.2, 0) is 13.0 Å². The molecule has 0 radical (unpaired) electrons. The first-order valence-electron chi connectivity index (χ1n) is 5.57. The zero-order valence-electron chi connectivity index (χ0n) is 9.56. The first-order valence-corrected chi connectivity index (χ1v) is 5.57. The smallest absolute Gasteiger partial charge is 0.226 e. The summed E-state index contributed by atoms with van der Waals surface area (Å²) in [5.41, 5.74) is 5.90. The van der Waals surface area contributed by atoms with Gasteiger partial charge < -0.3 is 10.3 Å². The van der Waals surface area contributed by atoms with Crippen LogP contribution >= 0.6 is 12.4 Å². The number of aromatic nitrogens is 2. The van der Waals surface area contributed by atoms with E-state index < -0.39 is 0 Å². The fourth-order valence-electron chi connectivity index (χ4n) is 1.93. The maximum Gasteiger partial charge on any atom is 0.226 e. The lowest BCUT2D eigenvalue weighted by Gasteiger charge is -2.29. The van der Waals surface area contributed by atoms with E-state index in [0.717, 1.165) is 38.3 Å². The molecule has 0 bridgehead atoms. The molecule has 6 heteroatoms. The van der Waals surface area contributed by atoms with Crippen LogP contribution in [0.3, 0.4) is 0 Å². The van der Waals surface area contributed by atoms with Crippen molar-refractivity contribution in [1.82, 2.24) is 15.0 Å². The van der Waals surface area contributed by atoms with Crippen molar-refractivity contribution in [3.05, 3.63) is 11.7 Å². The summed E-state index contributed by atoms with van der Waals surface area (Å²) in [6, 6.07) is 0.302. The standard InChI is InChI=1S/C10H18N4O.ClH/c1-2-10-12-9(13-15-10)7-14-5-3-4-8(11)6-14;/h8H,2-7,11H2,1H3;1H/t8-;/m1./s1. The molecule has 1 fully saturated rings. The third kappa shape index (κ3) is 3.43. The number of rotatable bonds is 3. The maximum atomic E-state index is 5.90. The maximum absolute atomic E-state index is 5.90. The van der Waals surface area contributed by atoms with Crippen LogP contribution in [0, 0.1) is 0 Å². The molecule has 0 unspecified atom stereocenters.